The largest absolute Gasteiger partial charge is 0.324 e. The monoisotopic (exact) mass is 344 g/mol. The van der Waals surface area contributed by atoms with E-state index < -0.39 is 17.7 Å². The fraction of sp³-hybridized carbons (Fsp3) is 0.125. The molecule has 0 fully saturated rings. The van der Waals surface area contributed by atoms with Crippen molar-refractivity contribution in [2.75, 3.05) is 10.6 Å². The minimum absolute atomic E-state index is 0.187. The van der Waals surface area contributed by atoms with Crippen molar-refractivity contribution in [3.05, 3.63) is 59.7 Å². The molecule has 0 radical (unpaired) electrons. The molecule has 2 N–H and O–H groups in total. The van der Waals surface area contributed by atoms with E-state index in [2.05, 4.69) is 25.7 Å². The number of amides is 2. The highest BCUT2D eigenvalue weighted by atomic mass is 19.1. The van der Waals surface area contributed by atoms with Crippen LogP contribution in [0.25, 0.3) is 5.82 Å². The van der Waals surface area contributed by atoms with Crippen molar-refractivity contribution in [3.8, 4) is 5.82 Å². The number of hydrogen-bond acceptors (Lipinski definition) is 4. The lowest BCUT2D eigenvalue weighted by atomic mass is 10.3. The van der Waals surface area contributed by atoms with Gasteiger partial charge in [0.2, 0.25) is 0 Å². The van der Waals surface area contributed by atoms with Gasteiger partial charge in [0.05, 0.1) is 11.4 Å². The van der Waals surface area contributed by atoms with Crippen molar-refractivity contribution in [2.24, 2.45) is 0 Å². The van der Waals surface area contributed by atoms with Crippen molar-refractivity contribution >= 4 is 17.5 Å². The van der Waals surface area contributed by atoms with Gasteiger partial charge in [-0.3, -0.25) is 5.32 Å². The average molecular weight is 344 g/mol. The maximum atomic E-state index is 13.6. The first kappa shape index (κ1) is 16.5. The molecule has 0 aliphatic heterocycles. The van der Waals surface area contributed by atoms with E-state index in [1.807, 2.05) is 19.9 Å². The first-order chi connectivity index (χ1) is 11.9. The maximum Gasteiger partial charge on any atom is 0.324 e. The quantitative estimate of drug-likeness (QED) is 0.764. The van der Waals surface area contributed by atoms with Gasteiger partial charge in [0.1, 0.15) is 23.8 Å². The first-order valence-electron chi connectivity index (χ1n) is 7.31. The highest BCUT2D eigenvalue weighted by Gasteiger charge is 2.11. The molecule has 128 valence electrons. The lowest BCUT2D eigenvalue weighted by molar-refractivity contribution is 0.262. The van der Waals surface area contributed by atoms with Crippen LogP contribution in [0.1, 0.15) is 11.4 Å². The topological polar surface area (TPSA) is 84.7 Å². The van der Waals surface area contributed by atoms with Crippen molar-refractivity contribution in [3.63, 3.8) is 0 Å². The molecular formula is C16H14F2N6O. The molecule has 0 bridgehead atoms. The highest BCUT2D eigenvalue weighted by Crippen LogP contribution is 2.16. The molecular weight excluding hydrogens is 330 g/mol. The minimum Gasteiger partial charge on any atom is -0.305 e. The Morgan fingerprint density at radius 2 is 1.88 bits per heavy atom. The lowest BCUT2D eigenvalue weighted by Gasteiger charge is -2.09. The molecule has 0 atom stereocenters. The molecule has 0 aliphatic rings. The Morgan fingerprint density at radius 3 is 2.60 bits per heavy atom. The van der Waals surface area contributed by atoms with E-state index in [0.29, 0.717) is 5.82 Å². The molecule has 0 saturated carbocycles. The molecule has 0 unspecified atom stereocenters. The van der Waals surface area contributed by atoms with Gasteiger partial charge in [0.15, 0.2) is 5.82 Å². The number of urea groups is 1. The number of carbonyl (C=O) groups excluding carboxylic acids is 1. The van der Waals surface area contributed by atoms with Gasteiger partial charge in [-0.15, -0.1) is 0 Å². The van der Waals surface area contributed by atoms with E-state index in [4.69, 9.17) is 0 Å². The van der Waals surface area contributed by atoms with Gasteiger partial charge < -0.3 is 5.32 Å². The summed E-state index contributed by atoms with van der Waals surface area (Å²) in [5.74, 6) is -0.757. The lowest BCUT2D eigenvalue weighted by Crippen LogP contribution is -2.21. The molecule has 0 saturated heterocycles. The zero-order valence-corrected chi connectivity index (χ0v) is 13.4. The van der Waals surface area contributed by atoms with Crippen LogP contribution >= 0.6 is 0 Å². The van der Waals surface area contributed by atoms with Crippen LogP contribution in [-0.2, 0) is 0 Å². The standard InChI is InChI=1S/C16H14F2N6O/c1-9-5-10(2)24(23-9)15-7-14(19-8-20-15)22-16(25)21-13-6-11(17)3-4-12(13)18/h3-8H,1-2H3,(H2,19,20,21,22,25). The number of nitrogens with one attached hydrogen (secondary N) is 2. The number of hydrogen-bond donors (Lipinski definition) is 2. The molecule has 2 heterocycles. The average Bonchev–Trinajstić information content (AvgIpc) is 2.89. The fourth-order valence-corrected chi connectivity index (χ4v) is 2.26. The minimum atomic E-state index is -0.762. The van der Waals surface area contributed by atoms with Crippen LogP contribution < -0.4 is 10.6 Å². The molecule has 0 aliphatic carbocycles. The number of anilines is 2. The summed E-state index contributed by atoms with van der Waals surface area (Å²) < 4.78 is 28.3. The molecule has 2 amide bonds. The van der Waals surface area contributed by atoms with E-state index >= 15 is 0 Å². The van der Waals surface area contributed by atoms with Crippen LogP contribution in [0.15, 0.2) is 36.7 Å². The van der Waals surface area contributed by atoms with Gasteiger partial charge in [0.25, 0.3) is 0 Å². The van der Waals surface area contributed by atoms with E-state index in [-0.39, 0.29) is 11.5 Å². The van der Waals surface area contributed by atoms with Gasteiger partial charge in [-0.1, -0.05) is 0 Å². The third kappa shape index (κ3) is 3.77. The van der Waals surface area contributed by atoms with Crippen molar-refractivity contribution in [1.29, 1.82) is 0 Å². The second-order valence-corrected chi connectivity index (χ2v) is 5.30. The maximum absolute atomic E-state index is 13.6. The zero-order valence-electron chi connectivity index (χ0n) is 13.4. The number of carbonyl (C=O) groups is 1. The summed E-state index contributed by atoms with van der Waals surface area (Å²) in [7, 11) is 0. The number of rotatable bonds is 3. The Labute approximate surface area is 141 Å². The SMILES string of the molecule is Cc1cc(C)n(-c2cc(NC(=O)Nc3cc(F)ccc3F)ncn2)n1. The van der Waals surface area contributed by atoms with E-state index in [0.717, 1.165) is 29.6 Å². The van der Waals surface area contributed by atoms with Crippen LogP contribution in [0.2, 0.25) is 0 Å². The Hall–Kier alpha value is -3.36. The number of halogens is 2. The summed E-state index contributed by atoms with van der Waals surface area (Å²) in [6, 6.07) is 5.41. The highest BCUT2D eigenvalue weighted by molar-refractivity contribution is 5.99. The normalized spacial score (nSPS) is 10.6. The summed E-state index contributed by atoms with van der Waals surface area (Å²) in [5.41, 5.74) is 1.42. The third-order valence-corrected chi connectivity index (χ3v) is 3.30. The van der Waals surface area contributed by atoms with Crippen LogP contribution in [0.5, 0.6) is 0 Å². The third-order valence-electron chi connectivity index (χ3n) is 3.30. The molecule has 1 aromatic carbocycles. The van der Waals surface area contributed by atoms with Crippen LogP contribution in [0.4, 0.5) is 25.1 Å². The van der Waals surface area contributed by atoms with Crippen LogP contribution in [0.3, 0.4) is 0 Å². The van der Waals surface area contributed by atoms with Gasteiger partial charge in [-0.25, -0.2) is 28.2 Å². The smallest absolute Gasteiger partial charge is 0.305 e. The van der Waals surface area contributed by atoms with Gasteiger partial charge in [-0.05, 0) is 32.0 Å². The molecule has 7 nitrogen and oxygen atoms in total. The summed E-state index contributed by atoms with van der Waals surface area (Å²) in [6.07, 6.45) is 1.27. The number of nitrogens with zero attached hydrogens (tertiary/aromatic N) is 4. The Morgan fingerprint density at radius 1 is 1.08 bits per heavy atom. The predicted octanol–water partition coefficient (Wildman–Crippen LogP) is 3.20. The summed E-state index contributed by atoms with van der Waals surface area (Å²) in [6.45, 7) is 3.72. The molecule has 3 rings (SSSR count). The van der Waals surface area contributed by atoms with Crippen molar-refractivity contribution in [1.82, 2.24) is 19.7 Å². The van der Waals surface area contributed by atoms with E-state index in [1.165, 1.54) is 12.4 Å². The Kier molecular flexibility index (Phi) is 4.38. The van der Waals surface area contributed by atoms with E-state index in [9.17, 15) is 13.6 Å². The zero-order chi connectivity index (χ0) is 18.0. The van der Waals surface area contributed by atoms with Gasteiger partial charge in [-0.2, -0.15) is 5.10 Å². The number of aromatic nitrogens is 4. The van der Waals surface area contributed by atoms with Gasteiger partial charge in [0, 0.05) is 17.8 Å². The van der Waals surface area contributed by atoms with Crippen molar-refractivity contribution < 1.29 is 13.6 Å². The van der Waals surface area contributed by atoms with Crippen LogP contribution in [-0.4, -0.2) is 25.8 Å². The second kappa shape index (κ2) is 6.63. The first-order valence-corrected chi connectivity index (χ1v) is 7.31. The molecule has 9 heteroatoms. The summed E-state index contributed by atoms with van der Waals surface area (Å²) in [4.78, 5) is 20.0. The predicted molar refractivity (Wildman–Crippen MR) is 87.6 cm³/mol. The molecule has 2 aromatic heterocycles. The summed E-state index contributed by atoms with van der Waals surface area (Å²) in [5, 5.41) is 8.97. The number of aryl methyl sites for hydroxylation is 2. The summed E-state index contributed by atoms with van der Waals surface area (Å²) >= 11 is 0. The Bertz CT molecular complexity index is 940. The Balaban J connectivity index is 1.77. The molecule has 3 aromatic rings. The van der Waals surface area contributed by atoms with Gasteiger partial charge >= 0.3 is 6.03 Å². The van der Waals surface area contributed by atoms with E-state index in [1.54, 1.807) is 4.68 Å². The van der Waals surface area contributed by atoms with Crippen molar-refractivity contribution in [2.45, 2.75) is 13.8 Å². The number of benzene rings is 1. The molecule has 25 heavy (non-hydrogen) atoms. The molecule has 0 spiro atoms. The van der Waals surface area contributed by atoms with Crippen LogP contribution in [0, 0.1) is 25.5 Å². The fourth-order valence-electron chi connectivity index (χ4n) is 2.26. The second-order valence-electron chi connectivity index (χ2n) is 5.30.